The summed E-state index contributed by atoms with van der Waals surface area (Å²) >= 11 is 1.15. The third-order valence-electron chi connectivity index (χ3n) is 2.35. The first-order valence-corrected chi connectivity index (χ1v) is 5.77. The zero-order chi connectivity index (χ0) is 12.3. The van der Waals surface area contributed by atoms with Crippen LogP contribution in [0.15, 0.2) is 0 Å². The second-order valence-corrected chi connectivity index (χ2v) is 4.72. The highest BCUT2D eigenvalue weighted by molar-refractivity contribution is 8.00. The average molecular weight is 253 g/mol. The van der Waals surface area contributed by atoms with Crippen LogP contribution in [0.3, 0.4) is 0 Å². The van der Waals surface area contributed by atoms with E-state index in [9.17, 15) is 15.0 Å². The van der Waals surface area contributed by atoms with Gasteiger partial charge in [-0.15, -0.1) is 11.8 Å². The molecule has 0 bridgehead atoms. The minimum atomic E-state index is -1.51. The Balaban J connectivity index is 2.50. The molecule has 0 aliphatic carbocycles. The molecule has 1 fully saturated rings. The number of aliphatic carboxylic acids is 1. The van der Waals surface area contributed by atoms with E-state index in [-0.39, 0.29) is 5.75 Å². The summed E-state index contributed by atoms with van der Waals surface area (Å²) < 4.78 is 0. The molecule has 0 aromatic heterocycles. The number of rotatable bonds is 5. The average Bonchev–Trinajstić information content (AvgIpc) is 2.75. The molecule has 0 aromatic carbocycles. The van der Waals surface area contributed by atoms with Crippen molar-refractivity contribution < 1.29 is 30.3 Å². The maximum absolute atomic E-state index is 10.6. The van der Waals surface area contributed by atoms with E-state index in [1.165, 1.54) is 0 Å². The van der Waals surface area contributed by atoms with Crippen molar-refractivity contribution in [1.82, 2.24) is 5.32 Å². The van der Waals surface area contributed by atoms with Gasteiger partial charge in [-0.05, 0) is 0 Å². The molecule has 1 aliphatic heterocycles. The number of hydrogen-bond acceptors (Lipinski definition) is 7. The van der Waals surface area contributed by atoms with Gasteiger partial charge in [0.2, 0.25) is 0 Å². The first-order chi connectivity index (χ1) is 7.47. The molecule has 5 atom stereocenters. The van der Waals surface area contributed by atoms with Crippen LogP contribution in [0.1, 0.15) is 0 Å². The first kappa shape index (κ1) is 13.7. The fraction of sp³-hybridized carbons (Fsp3) is 0.875. The van der Waals surface area contributed by atoms with Gasteiger partial charge in [0.1, 0.15) is 24.4 Å². The monoisotopic (exact) mass is 253 g/mol. The minimum Gasteiger partial charge on any atom is -0.480 e. The summed E-state index contributed by atoms with van der Waals surface area (Å²) in [5.74, 6) is -0.752. The van der Waals surface area contributed by atoms with Crippen LogP contribution in [0.25, 0.3) is 0 Å². The zero-order valence-electron chi connectivity index (χ0n) is 8.35. The maximum atomic E-state index is 10.6. The van der Waals surface area contributed by atoms with Gasteiger partial charge in [0.25, 0.3) is 0 Å². The highest BCUT2D eigenvalue weighted by atomic mass is 32.2. The fourth-order valence-corrected chi connectivity index (χ4v) is 2.61. The molecular weight excluding hydrogens is 238 g/mol. The quantitative estimate of drug-likeness (QED) is 0.309. The molecule has 7 nitrogen and oxygen atoms in total. The number of carbonyl (C=O) groups is 1. The summed E-state index contributed by atoms with van der Waals surface area (Å²) in [6.07, 6.45) is -4.29. The molecule has 1 rings (SSSR count). The smallest absolute Gasteiger partial charge is 0.321 e. The van der Waals surface area contributed by atoms with Gasteiger partial charge in [-0.3, -0.25) is 10.1 Å². The molecule has 0 spiro atoms. The lowest BCUT2D eigenvalue weighted by atomic mass is 10.1. The van der Waals surface area contributed by atoms with Crippen LogP contribution < -0.4 is 5.32 Å². The van der Waals surface area contributed by atoms with Crippen molar-refractivity contribution in [2.75, 3.05) is 12.4 Å². The Labute approximate surface area is 96.1 Å². The molecule has 1 aliphatic rings. The second-order valence-electron chi connectivity index (χ2n) is 3.54. The van der Waals surface area contributed by atoms with Crippen molar-refractivity contribution in [3.05, 3.63) is 0 Å². The Bertz CT molecular complexity index is 253. The molecule has 0 saturated carbocycles. The Hall–Kier alpha value is -0.380. The summed E-state index contributed by atoms with van der Waals surface area (Å²) in [5.41, 5.74) is 0. The SMILES string of the molecule is O=C(O)[C@H]1CS[C@@H]([C@H](O)[C@H](O)[C@H](O)CO)N1. The molecule has 16 heavy (non-hydrogen) atoms. The van der Waals surface area contributed by atoms with Gasteiger partial charge in [0, 0.05) is 5.75 Å². The van der Waals surface area contributed by atoms with Crippen molar-refractivity contribution in [2.45, 2.75) is 29.7 Å². The van der Waals surface area contributed by atoms with E-state index in [2.05, 4.69) is 5.32 Å². The van der Waals surface area contributed by atoms with Crippen LogP contribution in [0.4, 0.5) is 0 Å². The van der Waals surface area contributed by atoms with Gasteiger partial charge < -0.3 is 25.5 Å². The lowest BCUT2D eigenvalue weighted by Gasteiger charge is -2.25. The van der Waals surface area contributed by atoms with Gasteiger partial charge in [0.05, 0.1) is 12.0 Å². The molecule has 0 amide bonds. The molecule has 1 saturated heterocycles. The molecule has 0 unspecified atom stereocenters. The Kier molecular flexibility index (Phi) is 4.96. The molecule has 8 heteroatoms. The lowest BCUT2D eigenvalue weighted by Crippen LogP contribution is -2.50. The van der Waals surface area contributed by atoms with Crippen molar-refractivity contribution in [2.24, 2.45) is 0 Å². The fourth-order valence-electron chi connectivity index (χ4n) is 1.35. The molecule has 1 heterocycles. The highest BCUT2D eigenvalue weighted by Crippen LogP contribution is 2.24. The van der Waals surface area contributed by atoms with Crippen molar-refractivity contribution in [3.63, 3.8) is 0 Å². The number of carboxylic acid groups (broad SMARTS) is 1. The van der Waals surface area contributed by atoms with Gasteiger partial charge in [0.15, 0.2) is 0 Å². The Morgan fingerprint density at radius 1 is 1.44 bits per heavy atom. The first-order valence-electron chi connectivity index (χ1n) is 4.73. The molecule has 0 radical (unpaired) electrons. The number of hydrogen-bond donors (Lipinski definition) is 6. The van der Waals surface area contributed by atoms with Crippen LogP contribution >= 0.6 is 11.8 Å². The Morgan fingerprint density at radius 3 is 2.50 bits per heavy atom. The molecule has 6 N–H and O–H groups in total. The highest BCUT2D eigenvalue weighted by Gasteiger charge is 2.38. The predicted molar refractivity (Wildman–Crippen MR) is 55.9 cm³/mol. The summed E-state index contributed by atoms with van der Waals surface area (Å²) in [6.45, 7) is -0.669. The van der Waals surface area contributed by atoms with Gasteiger partial charge in [-0.1, -0.05) is 0 Å². The number of aliphatic hydroxyl groups excluding tert-OH is 4. The van der Waals surface area contributed by atoms with Crippen LogP contribution in [0, 0.1) is 0 Å². The van der Waals surface area contributed by atoms with E-state index < -0.39 is 42.3 Å². The van der Waals surface area contributed by atoms with E-state index in [0.29, 0.717) is 0 Å². The van der Waals surface area contributed by atoms with Crippen LogP contribution in [-0.2, 0) is 4.79 Å². The van der Waals surface area contributed by atoms with Crippen LogP contribution in [0.2, 0.25) is 0 Å². The number of thioether (sulfide) groups is 1. The van der Waals surface area contributed by atoms with E-state index in [4.69, 9.17) is 15.3 Å². The topological polar surface area (TPSA) is 130 Å². The van der Waals surface area contributed by atoms with Crippen LogP contribution in [-0.4, -0.2) is 73.6 Å². The number of aliphatic hydroxyl groups is 4. The van der Waals surface area contributed by atoms with Gasteiger partial charge in [-0.25, -0.2) is 0 Å². The summed E-state index contributed by atoms with van der Waals surface area (Å²) in [6, 6.07) is -0.775. The van der Waals surface area contributed by atoms with E-state index >= 15 is 0 Å². The number of nitrogens with one attached hydrogen (secondary N) is 1. The molecule has 94 valence electrons. The third-order valence-corrected chi connectivity index (χ3v) is 3.65. The van der Waals surface area contributed by atoms with Crippen molar-refractivity contribution in [1.29, 1.82) is 0 Å². The standard InChI is InChI=1S/C8H15NO6S/c10-1-4(11)5(12)6(13)7-9-3(2-16-7)8(14)15/h3-7,9-13H,1-2H2,(H,14,15)/t3-,4-,5-,6-,7+/m1/s1. The van der Waals surface area contributed by atoms with Crippen molar-refractivity contribution >= 4 is 17.7 Å². The van der Waals surface area contributed by atoms with Crippen LogP contribution in [0.5, 0.6) is 0 Å². The third kappa shape index (κ3) is 3.06. The normalized spacial score (nSPS) is 31.0. The zero-order valence-corrected chi connectivity index (χ0v) is 9.17. The summed E-state index contributed by atoms with van der Waals surface area (Å²) in [7, 11) is 0. The van der Waals surface area contributed by atoms with E-state index in [1.54, 1.807) is 0 Å². The lowest BCUT2D eigenvalue weighted by molar-refractivity contribution is -0.139. The predicted octanol–water partition coefficient (Wildman–Crippen LogP) is -2.82. The summed E-state index contributed by atoms with van der Waals surface area (Å²) in [4.78, 5) is 10.6. The number of carboxylic acids is 1. The summed E-state index contributed by atoms with van der Waals surface area (Å²) in [5, 5.41) is 47.4. The minimum absolute atomic E-state index is 0.277. The maximum Gasteiger partial charge on any atom is 0.321 e. The van der Waals surface area contributed by atoms with E-state index in [1.807, 2.05) is 0 Å². The van der Waals surface area contributed by atoms with Gasteiger partial charge in [-0.2, -0.15) is 0 Å². The van der Waals surface area contributed by atoms with Crippen molar-refractivity contribution in [3.8, 4) is 0 Å². The van der Waals surface area contributed by atoms with E-state index in [0.717, 1.165) is 11.8 Å². The van der Waals surface area contributed by atoms with Gasteiger partial charge >= 0.3 is 5.97 Å². The second kappa shape index (κ2) is 5.80. The largest absolute Gasteiger partial charge is 0.480 e. The Morgan fingerprint density at radius 2 is 2.06 bits per heavy atom. The molecular formula is C8H15NO6S. The molecule has 0 aromatic rings.